The highest BCUT2D eigenvalue weighted by Crippen LogP contribution is 2.27. The molecular formula is C12H19AlO2. The molecule has 0 fully saturated rings. The molecule has 0 saturated heterocycles. The second-order valence-electron chi connectivity index (χ2n) is 4.55. The molecule has 0 amide bonds. The Kier molecular flexibility index (Phi) is 4.58. The lowest BCUT2D eigenvalue weighted by Crippen LogP contribution is -2.17. The van der Waals surface area contributed by atoms with E-state index < -0.39 is 5.97 Å². The lowest BCUT2D eigenvalue weighted by atomic mass is 9.82. The van der Waals surface area contributed by atoms with Gasteiger partial charge in [0.1, 0.15) is 0 Å². The van der Waals surface area contributed by atoms with Crippen LogP contribution in [0.1, 0.15) is 42.3 Å². The van der Waals surface area contributed by atoms with Gasteiger partial charge in [-0.15, -0.1) is 0 Å². The number of hydrogen-bond donors (Lipinski definition) is 1. The van der Waals surface area contributed by atoms with Gasteiger partial charge in [-0.25, -0.2) is 4.79 Å². The first kappa shape index (κ1) is 14.2. The van der Waals surface area contributed by atoms with Crippen LogP contribution in [0.2, 0.25) is 0 Å². The quantitative estimate of drug-likeness (QED) is 0.736. The fourth-order valence-corrected chi connectivity index (χ4v) is 1.58. The van der Waals surface area contributed by atoms with Crippen molar-refractivity contribution < 1.29 is 9.90 Å². The zero-order valence-electron chi connectivity index (χ0n) is 9.09. The highest BCUT2D eigenvalue weighted by Gasteiger charge is 2.22. The normalized spacial score (nSPS) is 10.7. The van der Waals surface area contributed by atoms with Gasteiger partial charge in [0.2, 0.25) is 0 Å². The summed E-state index contributed by atoms with van der Waals surface area (Å²) in [5.74, 6) is -0.840. The van der Waals surface area contributed by atoms with Crippen molar-refractivity contribution in [3.8, 4) is 0 Å². The van der Waals surface area contributed by atoms with Gasteiger partial charge < -0.3 is 5.11 Å². The van der Waals surface area contributed by atoms with E-state index in [1.165, 1.54) is 0 Å². The topological polar surface area (TPSA) is 37.3 Å². The number of aromatic carboxylic acids is 1. The molecule has 82 valence electrons. The largest absolute Gasteiger partial charge is 0.478 e. The minimum Gasteiger partial charge on any atom is -0.478 e. The third-order valence-electron chi connectivity index (χ3n) is 2.29. The molecule has 0 bridgehead atoms. The van der Waals surface area contributed by atoms with Crippen molar-refractivity contribution in [3.05, 3.63) is 34.9 Å². The Hall–Kier alpha value is -0.778. The van der Waals surface area contributed by atoms with Crippen LogP contribution in [0.3, 0.4) is 0 Å². The maximum Gasteiger partial charge on any atom is 0.336 e. The molecule has 15 heavy (non-hydrogen) atoms. The number of benzene rings is 1. The van der Waals surface area contributed by atoms with E-state index in [1.54, 1.807) is 0 Å². The van der Waals surface area contributed by atoms with Crippen molar-refractivity contribution in [2.24, 2.45) is 0 Å². The smallest absolute Gasteiger partial charge is 0.336 e. The predicted octanol–water partition coefficient (Wildman–Crippen LogP) is 1.81. The van der Waals surface area contributed by atoms with Crippen molar-refractivity contribution in [1.29, 1.82) is 0 Å². The third kappa shape index (κ3) is 3.09. The average molecular weight is 222 g/mol. The van der Waals surface area contributed by atoms with Crippen LogP contribution in [0.5, 0.6) is 0 Å². The summed E-state index contributed by atoms with van der Waals surface area (Å²) in [5.41, 5.74) is 2.04. The first-order valence-corrected chi connectivity index (χ1v) is 4.67. The second kappa shape index (κ2) is 4.83. The van der Waals surface area contributed by atoms with Crippen LogP contribution in [0.4, 0.5) is 0 Å². The second-order valence-corrected chi connectivity index (χ2v) is 4.55. The molecule has 1 N–H and O–H groups in total. The Morgan fingerprint density at radius 1 is 1.27 bits per heavy atom. The van der Waals surface area contributed by atoms with Crippen molar-refractivity contribution in [2.75, 3.05) is 0 Å². The van der Waals surface area contributed by atoms with Crippen LogP contribution in [-0.4, -0.2) is 28.4 Å². The summed E-state index contributed by atoms with van der Waals surface area (Å²) < 4.78 is 0. The van der Waals surface area contributed by atoms with Crippen molar-refractivity contribution >= 4 is 23.3 Å². The summed E-state index contributed by atoms with van der Waals surface area (Å²) in [5, 5.41) is 9.11. The fourth-order valence-electron chi connectivity index (χ4n) is 1.58. The van der Waals surface area contributed by atoms with E-state index in [2.05, 4.69) is 0 Å². The van der Waals surface area contributed by atoms with Gasteiger partial charge >= 0.3 is 5.97 Å². The molecule has 1 aromatic rings. The molecule has 0 spiro atoms. The monoisotopic (exact) mass is 222 g/mol. The van der Waals surface area contributed by atoms with Gasteiger partial charge in [-0.1, -0.05) is 39.0 Å². The standard InChI is InChI=1S/C12H16O2.Al.3H/c1-8-6-5-7-9(12(2,3)4)10(8)11(13)14;;;;/h5-7H,1-4H3,(H,13,14);;;;. The van der Waals surface area contributed by atoms with E-state index in [0.29, 0.717) is 5.56 Å². The lowest BCUT2D eigenvalue weighted by molar-refractivity contribution is 0.0693. The number of aryl methyl sites for hydroxylation is 1. The van der Waals surface area contributed by atoms with Gasteiger partial charge in [0.15, 0.2) is 17.4 Å². The minimum atomic E-state index is -0.840. The van der Waals surface area contributed by atoms with Gasteiger partial charge in [-0.3, -0.25) is 0 Å². The van der Waals surface area contributed by atoms with Gasteiger partial charge in [0, 0.05) is 0 Å². The Balaban J connectivity index is 0.00000196. The van der Waals surface area contributed by atoms with Crippen LogP contribution < -0.4 is 0 Å². The molecule has 0 heterocycles. The number of carbonyl (C=O) groups is 1. The van der Waals surface area contributed by atoms with Crippen LogP contribution >= 0.6 is 0 Å². The molecule has 0 aliphatic carbocycles. The molecule has 0 atom stereocenters. The Morgan fingerprint density at radius 3 is 2.13 bits per heavy atom. The minimum absolute atomic E-state index is 0. The molecule has 1 aromatic carbocycles. The Labute approximate surface area is 101 Å². The average Bonchev–Trinajstić information content (AvgIpc) is 2.01. The molecule has 0 aliphatic rings. The molecule has 0 saturated carbocycles. The maximum atomic E-state index is 11.1. The molecule has 3 heteroatoms. The van der Waals surface area contributed by atoms with Crippen LogP contribution in [0.15, 0.2) is 18.2 Å². The Bertz CT molecular complexity index is 364. The van der Waals surface area contributed by atoms with Crippen LogP contribution in [-0.2, 0) is 5.41 Å². The summed E-state index contributed by atoms with van der Waals surface area (Å²) in [6, 6.07) is 5.62. The van der Waals surface area contributed by atoms with E-state index in [4.69, 9.17) is 5.11 Å². The predicted molar refractivity (Wildman–Crippen MR) is 66.8 cm³/mol. The van der Waals surface area contributed by atoms with Gasteiger partial charge in [-0.2, -0.15) is 0 Å². The zero-order valence-corrected chi connectivity index (χ0v) is 9.09. The SMILES string of the molecule is Cc1cccc(C(C)(C)C)c1C(=O)O.[AlH3]. The van der Waals surface area contributed by atoms with E-state index in [9.17, 15) is 4.79 Å². The third-order valence-corrected chi connectivity index (χ3v) is 2.29. The van der Waals surface area contributed by atoms with E-state index in [1.807, 2.05) is 45.9 Å². The van der Waals surface area contributed by atoms with E-state index in [0.717, 1.165) is 11.1 Å². The highest BCUT2D eigenvalue weighted by atomic mass is 27.0. The summed E-state index contributed by atoms with van der Waals surface area (Å²) in [7, 11) is 0. The van der Waals surface area contributed by atoms with Crippen molar-refractivity contribution in [2.45, 2.75) is 33.1 Å². The van der Waals surface area contributed by atoms with Crippen LogP contribution in [0, 0.1) is 6.92 Å². The van der Waals surface area contributed by atoms with Crippen molar-refractivity contribution in [3.63, 3.8) is 0 Å². The molecule has 0 aliphatic heterocycles. The first-order valence-electron chi connectivity index (χ1n) is 4.67. The van der Waals surface area contributed by atoms with E-state index in [-0.39, 0.29) is 22.8 Å². The lowest BCUT2D eigenvalue weighted by Gasteiger charge is -2.22. The van der Waals surface area contributed by atoms with Gasteiger partial charge in [0.05, 0.1) is 5.56 Å². The number of carboxylic acids is 1. The molecular weight excluding hydrogens is 203 g/mol. The van der Waals surface area contributed by atoms with Gasteiger partial charge in [0.25, 0.3) is 0 Å². The molecule has 2 nitrogen and oxygen atoms in total. The highest BCUT2D eigenvalue weighted by molar-refractivity contribution is 5.91. The van der Waals surface area contributed by atoms with E-state index >= 15 is 0 Å². The number of rotatable bonds is 1. The summed E-state index contributed by atoms with van der Waals surface area (Å²) in [6.07, 6.45) is 0. The molecule has 0 aromatic heterocycles. The number of hydrogen-bond acceptors (Lipinski definition) is 1. The number of carboxylic acid groups (broad SMARTS) is 1. The summed E-state index contributed by atoms with van der Waals surface area (Å²) >= 11 is 0. The first-order chi connectivity index (χ1) is 6.34. The fraction of sp³-hybridized carbons (Fsp3) is 0.417. The summed E-state index contributed by atoms with van der Waals surface area (Å²) in [6.45, 7) is 7.90. The van der Waals surface area contributed by atoms with Gasteiger partial charge in [-0.05, 0) is 23.5 Å². The van der Waals surface area contributed by atoms with Crippen molar-refractivity contribution in [1.82, 2.24) is 0 Å². The Morgan fingerprint density at radius 2 is 1.80 bits per heavy atom. The zero-order chi connectivity index (χ0) is 10.9. The molecule has 0 unspecified atom stereocenters. The summed E-state index contributed by atoms with van der Waals surface area (Å²) in [4.78, 5) is 11.1. The molecule has 0 radical (unpaired) electrons. The molecule has 1 rings (SSSR count). The maximum absolute atomic E-state index is 11.1. The van der Waals surface area contributed by atoms with Crippen LogP contribution in [0.25, 0.3) is 0 Å².